The number of hydrogen-bond acceptors (Lipinski definition) is 5. The van der Waals surface area contributed by atoms with E-state index in [0.29, 0.717) is 55.4 Å². The van der Waals surface area contributed by atoms with Crippen molar-refractivity contribution < 1.29 is 23.8 Å². The summed E-state index contributed by atoms with van der Waals surface area (Å²) in [5, 5.41) is 3.11. The number of amides is 2. The van der Waals surface area contributed by atoms with E-state index in [9.17, 15) is 9.59 Å². The van der Waals surface area contributed by atoms with E-state index in [2.05, 4.69) is 5.32 Å². The molecule has 7 nitrogen and oxygen atoms in total. The molecular formula is C25H32N2O5. The van der Waals surface area contributed by atoms with Gasteiger partial charge in [-0.15, -0.1) is 0 Å². The molecule has 2 aromatic carbocycles. The highest BCUT2D eigenvalue weighted by molar-refractivity contribution is 5.94. The van der Waals surface area contributed by atoms with Crippen LogP contribution >= 0.6 is 0 Å². The average Bonchev–Trinajstić information content (AvgIpc) is 2.83. The van der Waals surface area contributed by atoms with Crippen LogP contribution in [0.3, 0.4) is 0 Å². The van der Waals surface area contributed by atoms with E-state index in [0.717, 1.165) is 18.4 Å². The fourth-order valence-electron chi connectivity index (χ4n) is 3.87. The summed E-state index contributed by atoms with van der Waals surface area (Å²) in [5.41, 5.74) is 1.65. The molecule has 1 fully saturated rings. The lowest BCUT2D eigenvalue weighted by atomic mass is 10.0. The van der Waals surface area contributed by atoms with Gasteiger partial charge in [0.1, 0.15) is 5.75 Å². The third-order valence-electron chi connectivity index (χ3n) is 5.63. The number of carbonyl (C=O) groups excluding carboxylic acids is 2. The third-order valence-corrected chi connectivity index (χ3v) is 5.63. The van der Waals surface area contributed by atoms with Crippen LogP contribution in [0.4, 0.5) is 0 Å². The molecule has 2 amide bonds. The number of likely N-dealkylation sites (tertiary alicyclic amines) is 1. The zero-order chi connectivity index (χ0) is 22.9. The Morgan fingerprint density at radius 2 is 1.81 bits per heavy atom. The molecule has 3 rings (SSSR count). The Bertz CT molecular complexity index is 922. The summed E-state index contributed by atoms with van der Waals surface area (Å²) >= 11 is 0. The monoisotopic (exact) mass is 440 g/mol. The maximum absolute atomic E-state index is 12.7. The minimum absolute atomic E-state index is 0.00174. The highest BCUT2D eigenvalue weighted by atomic mass is 16.5. The summed E-state index contributed by atoms with van der Waals surface area (Å²) in [5.74, 6) is 2.08. The first-order valence-electron chi connectivity index (χ1n) is 11.1. The predicted octanol–water partition coefficient (Wildman–Crippen LogP) is 3.46. The number of nitrogens with zero attached hydrogens (tertiary/aromatic N) is 1. The highest BCUT2D eigenvalue weighted by Crippen LogP contribution is 2.28. The molecule has 1 aliphatic heterocycles. The number of carbonyl (C=O) groups is 2. The molecule has 172 valence electrons. The van der Waals surface area contributed by atoms with E-state index in [1.807, 2.05) is 42.2 Å². The van der Waals surface area contributed by atoms with Crippen molar-refractivity contribution in [2.24, 2.45) is 0 Å². The molecule has 7 heteroatoms. The van der Waals surface area contributed by atoms with Crippen molar-refractivity contribution in [3.63, 3.8) is 0 Å². The second-order valence-electron chi connectivity index (χ2n) is 7.78. The normalized spacial score (nSPS) is 14.0. The minimum Gasteiger partial charge on any atom is -0.497 e. The lowest BCUT2D eigenvalue weighted by Crippen LogP contribution is -2.46. The van der Waals surface area contributed by atoms with Crippen molar-refractivity contribution in [2.75, 3.05) is 33.9 Å². The van der Waals surface area contributed by atoms with Gasteiger partial charge in [-0.3, -0.25) is 9.59 Å². The number of rotatable bonds is 9. The van der Waals surface area contributed by atoms with Crippen LogP contribution in [0.5, 0.6) is 17.2 Å². The topological polar surface area (TPSA) is 77.1 Å². The highest BCUT2D eigenvalue weighted by Gasteiger charge is 2.24. The van der Waals surface area contributed by atoms with Crippen LogP contribution in [-0.2, 0) is 11.2 Å². The molecule has 1 heterocycles. The first-order valence-corrected chi connectivity index (χ1v) is 11.1. The smallest absolute Gasteiger partial charge is 0.253 e. The number of aryl methyl sites for hydroxylation is 1. The molecule has 1 N–H and O–H groups in total. The molecule has 0 aromatic heterocycles. The van der Waals surface area contributed by atoms with Gasteiger partial charge in [0.05, 0.1) is 20.8 Å². The van der Waals surface area contributed by atoms with E-state index in [-0.39, 0.29) is 17.9 Å². The van der Waals surface area contributed by atoms with Crippen LogP contribution in [-0.4, -0.2) is 56.7 Å². The summed E-state index contributed by atoms with van der Waals surface area (Å²) < 4.78 is 16.1. The van der Waals surface area contributed by atoms with Crippen LogP contribution in [0.1, 0.15) is 42.1 Å². The van der Waals surface area contributed by atoms with Crippen molar-refractivity contribution in [2.45, 2.75) is 38.6 Å². The SMILES string of the molecule is CCOc1ccc(CCC(=O)NC2CCN(C(=O)c3cccc(OC)c3)CC2)cc1OC. The van der Waals surface area contributed by atoms with Gasteiger partial charge >= 0.3 is 0 Å². The summed E-state index contributed by atoms with van der Waals surface area (Å²) in [6, 6.07) is 13.0. The van der Waals surface area contributed by atoms with Gasteiger partial charge in [-0.2, -0.15) is 0 Å². The molecule has 0 radical (unpaired) electrons. The lowest BCUT2D eigenvalue weighted by Gasteiger charge is -2.32. The van der Waals surface area contributed by atoms with Gasteiger partial charge in [-0.1, -0.05) is 12.1 Å². The summed E-state index contributed by atoms with van der Waals surface area (Å²) in [6.07, 6.45) is 2.53. The molecule has 0 saturated carbocycles. The lowest BCUT2D eigenvalue weighted by molar-refractivity contribution is -0.122. The summed E-state index contributed by atoms with van der Waals surface area (Å²) in [4.78, 5) is 27.0. The van der Waals surface area contributed by atoms with Gasteiger partial charge in [0.25, 0.3) is 5.91 Å². The van der Waals surface area contributed by atoms with Crippen LogP contribution in [0.25, 0.3) is 0 Å². The van der Waals surface area contributed by atoms with Gasteiger partial charge in [0, 0.05) is 31.1 Å². The van der Waals surface area contributed by atoms with Gasteiger partial charge in [-0.05, 0) is 62.1 Å². The predicted molar refractivity (Wildman–Crippen MR) is 123 cm³/mol. The molecule has 1 saturated heterocycles. The Kier molecular flexibility index (Phi) is 8.36. The number of methoxy groups -OCH3 is 2. The Hall–Kier alpha value is -3.22. The fourth-order valence-corrected chi connectivity index (χ4v) is 3.87. The van der Waals surface area contributed by atoms with E-state index in [1.165, 1.54) is 0 Å². The largest absolute Gasteiger partial charge is 0.497 e. The molecule has 32 heavy (non-hydrogen) atoms. The first-order chi connectivity index (χ1) is 15.5. The van der Waals surface area contributed by atoms with Gasteiger partial charge in [-0.25, -0.2) is 0 Å². The number of hydrogen-bond donors (Lipinski definition) is 1. The maximum atomic E-state index is 12.7. The maximum Gasteiger partial charge on any atom is 0.253 e. The van der Waals surface area contributed by atoms with E-state index in [4.69, 9.17) is 14.2 Å². The quantitative estimate of drug-likeness (QED) is 0.646. The second kappa shape index (κ2) is 11.4. The molecular weight excluding hydrogens is 408 g/mol. The Balaban J connectivity index is 1.45. The molecule has 0 atom stereocenters. The Morgan fingerprint density at radius 1 is 1.03 bits per heavy atom. The summed E-state index contributed by atoms with van der Waals surface area (Å²) in [7, 11) is 3.20. The van der Waals surface area contributed by atoms with Gasteiger partial charge in [0.15, 0.2) is 11.5 Å². The van der Waals surface area contributed by atoms with Crippen LogP contribution in [0, 0.1) is 0 Å². The van der Waals surface area contributed by atoms with Crippen LogP contribution < -0.4 is 19.5 Å². The third kappa shape index (κ3) is 6.15. The Morgan fingerprint density at radius 3 is 2.50 bits per heavy atom. The molecule has 0 bridgehead atoms. The van der Waals surface area contributed by atoms with Crippen molar-refractivity contribution in [3.05, 3.63) is 53.6 Å². The number of nitrogens with one attached hydrogen (secondary N) is 1. The van der Waals surface area contributed by atoms with Crippen molar-refractivity contribution in [3.8, 4) is 17.2 Å². The van der Waals surface area contributed by atoms with Crippen molar-refractivity contribution in [1.82, 2.24) is 10.2 Å². The fraction of sp³-hybridized carbons (Fsp3) is 0.440. The zero-order valence-corrected chi connectivity index (χ0v) is 19.1. The number of benzene rings is 2. The van der Waals surface area contributed by atoms with Gasteiger partial charge in [0.2, 0.25) is 5.91 Å². The van der Waals surface area contributed by atoms with E-state index >= 15 is 0 Å². The Labute approximate surface area is 189 Å². The first kappa shape index (κ1) is 23.4. The van der Waals surface area contributed by atoms with Crippen LogP contribution in [0.15, 0.2) is 42.5 Å². The number of piperidine rings is 1. The average molecular weight is 441 g/mol. The number of ether oxygens (including phenoxy) is 3. The second-order valence-corrected chi connectivity index (χ2v) is 7.78. The van der Waals surface area contributed by atoms with Gasteiger partial charge < -0.3 is 24.4 Å². The van der Waals surface area contributed by atoms with E-state index < -0.39 is 0 Å². The van der Waals surface area contributed by atoms with Crippen molar-refractivity contribution >= 4 is 11.8 Å². The van der Waals surface area contributed by atoms with Crippen LogP contribution in [0.2, 0.25) is 0 Å². The van der Waals surface area contributed by atoms with E-state index in [1.54, 1.807) is 26.4 Å². The molecule has 2 aromatic rings. The molecule has 0 spiro atoms. The molecule has 0 unspecified atom stereocenters. The van der Waals surface area contributed by atoms with Crippen molar-refractivity contribution in [1.29, 1.82) is 0 Å². The standard InChI is InChI=1S/C25H32N2O5/c1-4-32-22-10-8-18(16-23(22)31-3)9-11-24(28)26-20-12-14-27(15-13-20)25(29)19-6-5-7-21(17-19)30-2/h5-8,10,16-17,20H,4,9,11-15H2,1-3H3,(H,26,28). The zero-order valence-electron chi connectivity index (χ0n) is 19.1. The molecule has 0 aliphatic carbocycles. The molecule has 1 aliphatic rings. The minimum atomic E-state index is -0.00174. The summed E-state index contributed by atoms with van der Waals surface area (Å²) in [6.45, 7) is 3.74.